The van der Waals surface area contributed by atoms with Crippen LogP contribution in [0.15, 0.2) is 50.9 Å². The highest BCUT2D eigenvalue weighted by molar-refractivity contribution is 9.10. The molecule has 2 aromatic rings. The van der Waals surface area contributed by atoms with Gasteiger partial charge in [-0.25, -0.2) is 4.83 Å². The molecule has 0 heterocycles. The normalized spacial score (nSPS) is 11.7. The van der Waals surface area contributed by atoms with Crippen LogP contribution in [-0.4, -0.2) is 32.4 Å². The number of nitrogens with zero attached hydrogens (tertiary/aromatic N) is 1. The average molecular weight is 457 g/mol. The minimum atomic E-state index is -3.81. The summed E-state index contributed by atoms with van der Waals surface area (Å²) in [5.41, 5.74) is 0.548. The lowest BCUT2D eigenvalue weighted by Crippen LogP contribution is -2.18. The van der Waals surface area contributed by atoms with E-state index in [1.54, 1.807) is 31.2 Å². The highest BCUT2D eigenvalue weighted by Gasteiger charge is 2.13. The molecule has 0 saturated carbocycles. The standard InChI is InChI=1S/C18H21BrN2O5S/c1-4-25-17-10-13(9-16(19)18(17)22)11-20-21-27(23,24)15-7-5-14(6-8-15)26-12(2)3/h5-12,21-22H,4H2,1-3H3/b20-11+. The molecule has 0 aliphatic rings. The van der Waals surface area contributed by atoms with Crippen molar-refractivity contribution in [3.05, 3.63) is 46.4 Å². The Hall–Kier alpha value is -2.26. The van der Waals surface area contributed by atoms with Gasteiger partial charge in [-0.1, -0.05) is 0 Å². The Morgan fingerprint density at radius 3 is 2.52 bits per heavy atom. The molecule has 27 heavy (non-hydrogen) atoms. The van der Waals surface area contributed by atoms with Gasteiger partial charge in [0.05, 0.1) is 28.3 Å². The molecular formula is C18H21BrN2O5S. The highest BCUT2D eigenvalue weighted by Crippen LogP contribution is 2.35. The molecule has 7 nitrogen and oxygen atoms in total. The first-order chi connectivity index (χ1) is 12.7. The number of rotatable bonds is 8. The third-order valence-electron chi connectivity index (χ3n) is 3.24. The molecule has 146 valence electrons. The maximum absolute atomic E-state index is 12.3. The van der Waals surface area contributed by atoms with Gasteiger partial charge in [-0.3, -0.25) is 0 Å². The number of sulfonamides is 1. The van der Waals surface area contributed by atoms with Gasteiger partial charge in [-0.15, -0.1) is 0 Å². The molecule has 0 aliphatic heterocycles. The molecule has 0 unspecified atom stereocenters. The zero-order valence-corrected chi connectivity index (χ0v) is 17.5. The smallest absolute Gasteiger partial charge is 0.276 e. The second-order valence-electron chi connectivity index (χ2n) is 5.77. The second kappa shape index (κ2) is 9.09. The summed E-state index contributed by atoms with van der Waals surface area (Å²) in [6.07, 6.45) is 1.32. The number of hydrogen-bond donors (Lipinski definition) is 2. The molecule has 0 aliphatic carbocycles. The molecule has 0 fully saturated rings. The van der Waals surface area contributed by atoms with Gasteiger partial charge in [-0.05, 0) is 78.7 Å². The number of hydrazone groups is 1. The summed E-state index contributed by atoms with van der Waals surface area (Å²) in [6.45, 7) is 5.95. The molecule has 2 aromatic carbocycles. The first kappa shape index (κ1) is 21.0. The monoisotopic (exact) mass is 456 g/mol. The van der Waals surface area contributed by atoms with E-state index in [1.807, 2.05) is 13.8 Å². The van der Waals surface area contributed by atoms with E-state index in [4.69, 9.17) is 9.47 Å². The lowest BCUT2D eigenvalue weighted by molar-refractivity contribution is 0.242. The largest absolute Gasteiger partial charge is 0.503 e. The van der Waals surface area contributed by atoms with Gasteiger partial charge in [0.25, 0.3) is 10.0 Å². The third kappa shape index (κ3) is 5.86. The molecule has 2 rings (SSSR count). The quantitative estimate of drug-likeness (QED) is 0.466. The number of aromatic hydroxyl groups is 1. The summed E-state index contributed by atoms with van der Waals surface area (Å²) >= 11 is 3.22. The van der Waals surface area contributed by atoms with E-state index in [1.165, 1.54) is 18.3 Å². The zero-order chi connectivity index (χ0) is 20.0. The van der Waals surface area contributed by atoms with Gasteiger partial charge in [0.2, 0.25) is 0 Å². The van der Waals surface area contributed by atoms with E-state index >= 15 is 0 Å². The van der Waals surface area contributed by atoms with E-state index in [-0.39, 0.29) is 22.5 Å². The Morgan fingerprint density at radius 1 is 1.26 bits per heavy atom. The maximum Gasteiger partial charge on any atom is 0.276 e. The van der Waals surface area contributed by atoms with Crippen LogP contribution in [0.4, 0.5) is 0 Å². The van der Waals surface area contributed by atoms with E-state index in [0.29, 0.717) is 22.4 Å². The zero-order valence-electron chi connectivity index (χ0n) is 15.1. The van der Waals surface area contributed by atoms with Crippen molar-refractivity contribution >= 4 is 32.2 Å². The number of nitrogens with one attached hydrogen (secondary N) is 1. The van der Waals surface area contributed by atoms with Crippen molar-refractivity contribution in [2.75, 3.05) is 6.61 Å². The molecule has 0 saturated heterocycles. The molecule has 0 spiro atoms. The second-order valence-corrected chi connectivity index (χ2v) is 8.29. The van der Waals surface area contributed by atoms with E-state index in [2.05, 4.69) is 25.9 Å². The first-order valence-electron chi connectivity index (χ1n) is 8.20. The minimum absolute atomic E-state index is 0.00129. The van der Waals surface area contributed by atoms with Crippen LogP contribution in [0.1, 0.15) is 26.3 Å². The lowest BCUT2D eigenvalue weighted by Gasteiger charge is -2.10. The number of ether oxygens (including phenoxy) is 2. The van der Waals surface area contributed by atoms with Gasteiger partial charge in [0.1, 0.15) is 5.75 Å². The van der Waals surface area contributed by atoms with Crippen LogP contribution in [0.25, 0.3) is 0 Å². The molecule has 0 aromatic heterocycles. The predicted octanol–water partition coefficient (Wildman–Crippen LogP) is 3.65. The Morgan fingerprint density at radius 2 is 1.93 bits per heavy atom. The van der Waals surface area contributed by atoms with Crippen molar-refractivity contribution in [1.29, 1.82) is 0 Å². The summed E-state index contributed by atoms with van der Waals surface area (Å²) in [5, 5.41) is 13.7. The SMILES string of the molecule is CCOc1cc(/C=N/NS(=O)(=O)c2ccc(OC(C)C)cc2)cc(Br)c1O. The van der Waals surface area contributed by atoms with Crippen molar-refractivity contribution in [2.45, 2.75) is 31.8 Å². The van der Waals surface area contributed by atoms with Crippen LogP contribution in [0.3, 0.4) is 0 Å². The van der Waals surface area contributed by atoms with Crippen LogP contribution in [0.5, 0.6) is 17.2 Å². The average Bonchev–Trinajstić information content (AvgIpc) is 2.59. The molecule has 0 atom stereocenters. The number of benzene rings is 2. The van der Waals surface area contributed by atoms with Crippen molar-refractivity contribution in [2.24, 2.45) is 5.10 Å². The summed E-state index contributed by atoms with van der Waals surface area (Å²) in [5.74, 6) is 0.833. The lowest BCUT2D eigenvalue weighted by atomic mass is 10.2. The number of phenols is 1. The van der Waals surface area contributed by atoms with Crippen LogP contribution in [0, 0.1) is 0 Å². The Labute approximate surface area is 167 Å². The fourth-order valence-electron chi connectivity index (χ4n) is 2.13. The van der Waals surface area contributed by atoms with Crippen molar-refractivity contribution in [1.82, 2.24) is 4.83 Å². The number of halogens is 1. The van der Waals surface area contributed by atoms with Crippen LogP contribution < -0.4 is 14.3 Å². The van der Waals surface area contributed by atoms with Crippen molar-refractivity contribution in [3.8, 4) is 17.2 Å². The molecular weight excluding hydrogens is 436 g/mol. The maximum atomic E-state index is 12.3. The third-order valence-corrected chi connectivity index (χ3v) is 5.09. The molecule has 0 radical (unpaired) electrons. The number of phenolic OH excluding ortho intramolecular Hbond substituents is 1. The first-order valence-corrected chi connectivity index (χ1v) is 10.5. The van der Waals surface area contributed by atoms with Crippen molar-refractivity contribution < 1.29 is 23.0 Å². The summed E-state index contributed by atoms with van der Waals surface area (Å²) in [4.78, 5) is 2.22. The van der Waals surface area contributed by atoms with Crippen LogP contribution >= 0.6 is 15.9 Å². The minimum Gasteiger partial charge on any atom is -0.503 e. The van der Waals surface area contributed by atoms with E-state index in [0.717, 1.165) is 0 Å². The molecule has 0 amide bonds. The predicted molar refractivity (Wildman–Crippen MR) is 107 cm³/mol. The van der Waals surface area contributed by atoms with Crippen molar-refractivity contribution in [3.63, 3.8) is 0 Å². The highest BCUT2D eigenvalue weighted by atomic mass is 79.9. The summed E-state index contributed by atoms with van der Waals surface area (Å²) in [6, 6.07) is 9.21. The molecule has 0 bridgehead atoms. The fourth-order valence-corrected chi connectivity index (χ4v) is 3.38. The Bertz CT molecular complexity index is 912. The topological polar surface area (TPSA) is 97.2 Å². The van der Waals surface area contributed by atoms with Crippen LogP contribution in [-0.2, 0) is 10.0 Å². The summed E-state index contributed by atoms with van der Waals surface area (Å²) in [7, 11) is -3.81. The van der Waals surface area contributed by atoms with E-state index < -0.39 is 10.0 Å². The van der Waals surface area contributed by atoms with Gasteiger partial charge in [0, 0.05) is 0 Å². The van der Waals surface area contributed by atoms with Gasteiger partial charge < -0.3 is 14.6 Å². The molecule has 9 heteroatoms. The van der Waals surface area contributed by atoms with E-state index in [9.17, 15) is 13.5 Å². The molecule has 2 N–H and O–H groups in total. The van der Waals surface area contributed by atoms with Gasteiger partial charge in [0.15, 0.2) is 11.5 Å². The number of hydrogen-bond acceptors (Lipinski definition) is 6. The fraction of sp³-hybridized carbons (Fsp3) is 0.278. The summed E-state index contributed by atoms with van der Waals surface area (Å²) < 4.78 is 35.8. The Kier molecular flexibility index (Phi) is 7.09. The van der Waals surface area contributed by atoms with Crippen LogP contribution in [0.2, 0.25) is 0 Å². The Balaban J connectivity index is 2.12. The van der Waals surface area contributed by atoms with Gasteiger partial charge in [-0.2, -0.15) is 13.5 Å². The van der Waals surface area contributed by atoms with Gasteiger partial charge >= 0.3 is 0 Å².